The van der Waals surface area contributed by atoms with Crippen LogP contribution in [0.1, 0.15) is 12.0 Å². The van der Waals surface area contributed by atoms with Gasteiger partial charge in [-0.1, -0.05) is 6.08 Å². The summed E-state index contributed by atoms with van der Waals surface area (Å²) in [5.41, 5.74) is 13.1. The molecule has 0 aromatic carbocycles. The van der Waals surface area contributed by atoms with E-state index in [2.05, 4.69) is 15.1 Å². The first-order valence-corrected chi connectivity index (χ1v) is 8.47. The van der Waals surface area contributed by atoms with Crippen LogP contribution in [0.3, 0.4) is 0 Å². The number of nitrogens with two attached hydrogens (primary N) is 3. The molecule has 0 radical (unpaired) electrons. The zero-order valence-electron chi connectivity index (χ0n) is 12.3. The number of allylic oxidation sites excluding steroid dienone is 1. The van der Waals surface area contributed by atoms with E-state index < -0.39 is 14.8 Å². The number of fused-ring (bicyclic) bond motifs is 1. The maximum atomic E-state index is 12.1. The lowest BCUT2D eigenvalue weighted by Gasteiger charge is -2.29. The van der Waals surface area contributed by atoms with Crippen molar-refractivity contribution in [2.45, 2.75) is 11.2 Å². The van der Waals surface area contributed by atoms with Gasteiger partial charge in [0.05, 0.1) is 6.54 Å². The van der Waals surface area contributed by atoms with Gasteiger partial charge < -0.3 is 11.5 Å². The smallest absolute Gasteiger partial charge is 0.240 e. The zero-order valence-corrected chi connectivity index (χ0v) is 13.1. The molecule has 2 aromatic rings. The molecule has 0 bridgehead atoms. The van der Waals surface area contributed by atoms with Gasteiger partial charge in [0.2, 0.25) is 16.0 Å². The summed E-state index contributed by atoms with van der Waals surface area (Å²) in [4.78, 5) is 8.22. The van der Waals surface area contributed by atoms with Crippen molar-refractivity contribution in [2.24, 2.45) is 15.9 Å². The number of hydrogen-bond donors (Lipinski definition) is 3. The van der Waals surface area contributed by atoms with Crippen LogP contribution in [-0.2, 0) is 10.0 Å². The van der Waals surface area contributed by atoms with Crippen molar-refractivity contribution in [3.05, 3.63) is 30.0 Å². The van der Waals surface area contributed by atoms with Gasteiger partial charge in [0.25, 0.3) is 0 Å². The molecule has 122 valence electrons. The van der Waals surface area contributed by atoms with Gasteiger partial charge in [-0.2, -0.15) is 4.98 Å². The molecule has 0 saturated carbocycles. The molecule has 1 aliphatic heterocycles. The van der Waals surface area contributed by atoms with Crippen LogP contribution in [0.25, 0.3) is 11.2 Å². The maximum absolute atomic E-state index is 12.1. The summed E-state index contributed by atoms with van der Waals surface area (Å²) >= 11 is 0. The minimum absolute atomic E-state index is 0.0606. The predicted molar refractivity (Wildman–Crippen MR) is 88.2 cm³/mol. The Balaban J connectivity index is 2.10. The van der Waals surface area contributed by atoms with Crippen molar-refractivity contribution < 1.29 is 8.42 Å². The van der Waals surface area contributed by atoms with Gasteiger partial charge in [0.15, 0.2) is 5.65 Å². The van der Waals surface area contributed by atoms with E-state index in [1.165, 1.54) is 4.52 Å². The molecule has 0 amide bonds. The third kappa shape index (κ3) is 2.71. The van der Waals surface area contributed by atoms with Gasteiger partial charge in [-0.25, -0.2) is 18.1 Å². The predicted octanol–water partition coefficient (Wildman–Crippen LogP) is -0.845. The normalized spacial score (nSPS) is 21.6. The number of sulfonamides is 1. The number of anilines is 1. The van der Waals surface area contributed by atoms with Gasteiger partial charge in [0.1, 0.15) is 4.75 Å². The fourth-order valence-electron chi connectivity index (χ4n) is 2.60. The van der Waals surface area contributed by atoms with E-state index in [0.717, 1.165) is 5.56 Å². The van der Waals surface area contributed by atoms with Crippen LogP contribution in [0, 0.1) is 0 Å². The molecule has 9 nitrogen and oxygen atoms in total. The standard InChI is InChI=1S/C13H17N7O2S/c14-4-3-13(23(16,21)22)5-10(6-17-8-13)9-1-2-11-18-12(15)19-20(11)7-9/h1-2,5-7H,3-4,8,14H2,(H2,15,19)(H2,16,21,22). The molecule has 6 N–H and O–H groups in total. The number of dihydropyridines is 1. The monoisotopic (exact) mass is 335 g/mol. The third-order valence-electron chi connectivity index (χ3n) is 3.82. The molecule has 23 heavy (non-hydrogen) atoms. The van der Waals surface area contributed by atoms with Gasteiger partial charge in [0, 0.05) is 18.0 Å². The topological polar surface area (TPSA) is 155 Å². The molecule has 10 heteroatoms. The Morgan fingerprint density at radius 1 is 1.35 bits per heavy atom. The van der Waals surface area contributed by atoms with E-state index in [0.29, 0.717) is 11.2 Å². The van der Waals surface area contributed by atoms with Crippen LogP contribution in [0.4, 0.5) is 5.95 Å². The van der Waals surface area contributed by atoms with Crippen LogP contribution in [0.15, 0.2) is 29.4 Å². The highest BCUT2D eigenvalue weighted by atomic mass is 32.2. The molecule has 0 saturated heterocycles. The fraction of sp³-hybridized carbons (Fsp3) is 0.308. The number of aromatic nitrogens is 3. The largest absolute Gasteiger partial charge is 0.366 e. The molecule has 0 spiro atoms. The van der Waals surface area contributed by atoms with Crippen LogP contribution in [0.2, 0.25) is 0 Å². The Kier molecular flexibility index (Phi) is 3.66. The van der Waals surface area contributed by atoms with Crippen molar-refractivity contribution in [1.82, 2.24) is 14.6 Å². The molecule has 2 aromatic heterocycles. The second-order valence-corrected chi connectivity index (χ2v) is 7.31. The van der Waals surface area contributed by atoms with E-state index in [-0.39, 0.29) is 25.5 Å². The molecule has 3 rings (SSSR count). The average Bonchev–Trinajstić information content (AvgIpc) is 2.85. The Hall–Kier alpha value is -2.30. The van der Waals surface area contributed by atoms with Crippen molar-refractivity contribution in [2.75, 3.05) is 18.8 Å². The fourth-order valence-corrected chi connectivity index (χ4v) is 3.55. The van der Waals surface area contributed by atoms with Crippen molar-refractivity contribution in [1.29, 1.82) is 0 Å². The van der Waals surface area contributed by atoms with Gasteiger partial charge in [-0.05, 0) is 30.7 Å². The van der Waals surface area contributed by atoms with E-state index >= 15 is 0 Å². The lowest BCUT2D eigenvalue weighted by Crippen LogP contribution is -2.47. The minimum Gasteiger partial charge on any atom is -0.366 e. The lowest BCUT2D eigenvalue weighted by molar-refractivity contribution is 0.539. The van der Waals surface area contributed by atoms with Gasteiger partial charge in [-0.3, -0.25) is 4.99 Å². The van der Waals surface area contributed by atoms with Crippen molar-refractivity contribution in [3.63, 3.8) is 0 Å². The Morgan fingerprint density at radius 2 is 2.13 bits per heavy atom. The molecule has 1 unspecified atom stereocenters. The number of nitrogen functional groups attached to an aromatic ring is 1. The summed E-state index contributed by atoms with van der Waals surface area (Å²) in [5.74, 6) is 0.162. The number of aliphatic imine (C=N–C) groups is 1. The van der Waals surface area contributed by atoms with Crippen LogP contribution in [-0.4, -0.2) is 47.1 Å². The Labute approximate surface area is 132 Å². The second-order valence-electron chi connectivity index (χ2n) is 5.41. The van der Waals surface area contributed by atoms with Crippen molar-refractivity contribution >= 4 is 33.4 Å². The highest BCUT2D eigenvalue weighted by Crippen LogP contribution is 2.29. The number of primary sulfonamides is 1. The molecule has 3 heterocycles. The number of rotatable bonds is 4. The van der Waals surface area contributed by atoms with Gasteiger partial charge >= 0.3 is 0 Å². The summed E-state index contributed by atoms with van der Waals surface area (Å²) in [7, 11) is -3.85. The number of hydrogen-bond acceptors (Lipinski definition) is 7. The van der Waals surface area contributed by atoms with Crippen molar-refractivity contribution in [3.8, 4) is 0 Å². The molecule has 1 atom stereocenters. The summed E-state index contributed by atoms with van der Waals surface area (Å²) < 4.78 is 24.3. The lowest BCUT2D eigenvalue weighted by atomic mass is 9.96. The SMILES string of the molecule is NCCC1(S(N)(=O)=O)C=C(c2ccc3nc(N)nn3c2)C=NC1. The van der Waals surface area contributed by atoms with Crippen LogP contribution < -0.4 is 16.6 Å². The minimum atomic E-state index is -3.85. The van der Waals surface area contributed by atoms with E-state index in [9.17, 15) is 8.42 Å². The van der Waals surface area contributed by atoms with Crippen LogP contribution >= 0.6 is 0 Å². The van der Waals surface area contributed by atoms with E-state index in [4.69, 9.17) is 16.6 Å². The summed E-state index contributed by atoms with van der Waals surface area (Å²) in [5, 5.41) is 9.46. The molecule has 0 aliphatic carbocycles. The quantitative estimate of drug-likeness (QED) is 0.661. The summed E-state index contributed by atoms with van der Waals surface area (Å²) in [6, 6.07) is 3.53. The Bertz CT molecular complexity index is 916. The second kappa shape index (κ2) is 5.41. The average molecular weight is 335 g/mol. The summed E-state index contributed by atoms with van der Waals surface area (Å²) in [6.45, 7) is 0.249. The first-order valence-electron chi connectivity index (χ1n) is 6.92. The Morgan fingerprint density at radius 3 is 2.83 bits per heavy atom. The number of pyridine rings is 1. The summed E-state index contributed by atoms with van der Waals surface area (Å²) in [6.07, 6.45) is 5.13. The highest BCUT2D eigenvalue weighted by molar-refractivity contribution is 7.90. The first-order chi connectivity index (χ1) is 10.8. The maximum Gasteiger partial charge on any atom is 0.240 e. The third-order valence-corrected chi connectivity index (χ3v) is 5.41. The van der Waals surface area contributed by atoms with E-state index in [1.54, 1.807) is 30.6 Å². The van der Waals surface area contributed by atoms with Gasteiger partial charge in [-0.15, -0.1) is 5.10 Å². The first kappa shape index (κ1) is 15.6. The molecule has 0 fully saturated rings. The number of nitrogens with zero attached hydrogens (tertiary/aromatic N) is 4. The molecular formula is C13H17N7O2S. The van der Waals surface area contributed by atoms with Crippen LogP contribution in [0.5, 0.6) is 0 Å². The molecule has 1 aliphatic rings. The van der Waals surface area contributed by atoms with E-state index in [1.807, 2.05) is 0 Å². The highest BCUT2D eigenvalue weighted by Gasteiger charge is 2.40. The zero-order chi connectivity index (χ0) is 16.7. The molecular weight excluding hydrogens is 318 g/mol.